The van der Waals surface area contributed by atoms with E-state index in [4.69, 9.17) is 0 Å². The van der Waals surface area contributed by atoms with Gasteiger partial charge in [-0.2, -0.15) is 18.3 Å². The van der Waals surface area contributed by atoms with Crippen LogP contribution in [0.15, 0.2) is 4.47 Å². The van der Waals surface area contributed by atoms with Crippen molar-refractivity contribution in [3.05, 3.63) is 15.9 Å². The van der Waals surface area contributed by atoms with E-state index in [2.05, 4.69) is 21.0 Å². The monoisotopic (exact) mass is 312 g/mol. The summed E-state index contributed by atoms with van der Waals surface area (Å²) in [5.74, 6) is -1.75. The number of carbonyl (C=O) groups is 1. The maximum Gasteiger partial charge on any atom is 0.450 e. The molecule has 1 aromatic rings. The molecule has 7 heteroatoms. The van der Waals surface area contributed by atoms with Crippen LogP contribution in [0.2, 0.25) is 0 Å². The summed E-state index contributed by atoms with van der Waals surface area (Å²) in [6.45, 7) is 4.04. The van der Waals surface area contributed by atoms with E-state index in [9.17, 15) is 18.0 Å². The van der Waals surface area contributed by atoms with Gasteiger partial charge in [0.2, 0.25) is 5.78 Å². The second-order valence-corrected chi connectivity index (χ2v) is 4.27. The summed E-state index contributed by atoms with van der Waals surface area (Å²) in [5, 5.41) is 4.13. The zero-order valence-corrected chi connectivity index (χ0v) is 11.0. The van der Waals surface area contributed by atoms with Crippen LogP contribution >= 0.6 is 15.9 Å². The smallest absolute Gasteiger partial charge is 0.289 e. The van der Waals surface area contributed by atoms with Gasteiger partial charge >= 0.3 is 6.18 Å². The molecule has 0 aliphatic heterocycles. The molecule has 1 aromatic heterocycles. The van der Waals surface area contributed by atoms with Crippen molar-refractivity contribution in [2.24, 2.45) is 0 Å². The highest BCUT2D eigenvalue weighted by Gasteiger charge is 2.39. The number of Topliss-reactive ketones (excluding diaryl/α,β-unsaturated/α-hetero) is 1. The summed E-state index contributed by atoms with van der Waals surface area (Å²) in [6, 6.07) is 0. The first-order valence-electron chi connectivity index (χ1n) is 5.15. The van der Waals surface area contributed by atoms with Crippen molar-refractivity contribution in [2.75, 3.05) is 0 Å². The first-order chi connectivity index (χ1) is 7.81. The molecule has 0 saturated carbocycles. The Kier molecular flexibility index (Phi) is 4.35. The third kappa shape index (κ3) is 3.08. The first-order valence-corrected chi connectivity index (χ1v) is 5.94. The molecular formula is C10H12BrF3N2O. The average Bonchev–Trinajstić information content (AvgIpc) is 2.54. The molecule has 1 rings (SSSR count). The minimum absolute atomic E-state index is 0.284. The molecule has 0 aliphatic rings. The standard InChI is InChI=1S/C10H12BrF3N2O/c1-3-6-9(11)7(16(4-2)15-6)5-8(17)10(12,13)14/h3-5H2,1-2H3. The van der Waals surface area contributed by atoms with Gasteiger partial charge in [-0.1, -0.05) is 6.92 Å². The second kappa shape index (κ2) is 5.20. The fourth-order valence-electron chi connectivity index (χ4n) is 1.44. The topological polar surface area (TPSA) is 34.9 Å². The Labute approximate surface area is 105 Å². The van der Waals surface area contributed by atoms with Crippen molar-refractivity contribution in [3.8, 4) is 0 Å². The number of hydrogen-bond acceptors (Lipinski definition) is 2. The van der Waals surface area contributed by atoms with Gasteiger partial charge in [0.25, 0.3) is 0 Å². The Balaban J connectivity index is 3.05. The minimum atomic E-state index is -4.80. The molecule has 96 valence electrons. The molecule has 3 nitrogen and oxygen atoms in total. The predicted octanol–water partition coefficient (Wildman–Crippen LogP) is 2.90. The van der Waals surface area contributed by atoms with E-state index in [-0.39, 0.29) is 5.69 Å². The van der Waals surface area contributed by atoms with Crippen molar-refractivity contribution in [1.82, 2.24) is 9.78 Å². The summed E-state index contributed by atoms with van der Waals surface area (Å²) in [6.07, 6.45) is -4.87. The molecule has 0 saturated heterocycles. The lowest BCUT2D eigenvalue weighted by atomic mass is 10.2. The van der Waals surface area contributed by atoms with Gasteiger partial charge < -0.3 is 0 Å². The first kappa shape index (κ1) is 14.2. The van der Waals surface area contributed by atoms with E-state index >= 15 is 0 Å². The van der Waals surface area contributed by atoms with Gasteiger partial charge in [-0.3, -0.25) is 9.48 Å². The number of nitrogens with zero attached hydrogens (tertiary/aromatic N) is 2. The number of hydrogen-bond donors (Lipinski definition) is 0. The van der Waals surface area contributed by atoms with Crippen LogP contribution in [-0.4, -0.2) is 21.7 Å². The number of halogens is 4. The van der Waals surface area contributed by atoms with Crippen LogP contribution in [0.25, 0.3) is 0 Å². The third-order valence-electron chi connectivity index (χ3n) is 2.34. The van der Waals surface area contributed by atoms with Crippen molar-refractivity contribution >= 4 is 21.7 Å². The summed E-state index contributed by atoms with van der Waals surface area (Å²) in [5.41, 5.74) is 0.948. The number of aromatic nitrogens is 2. The number of carbonyl (C=O) groups excluding carboxylic acids is 1. The molecule has 0 aliphatic carbocycles. The maximum atomic E-state index is 12.2. The zero-order chi connectivity index (χ0) is 13.2. The van der Waals surface area contributed by atoms with Crippen molar-refractivity contribution in [3.63, 3.8) is 0 Å². The van der Waals surface area contributed by atoms with Crippen LogP contribution in [0.4, 0.5) is 13.2 Å². The molecule has 0 atom stereocenters. The van der Waals surface area contributed by atoms with Crippen LogP contribution in [0.5, 0.6) is 0 Å². The molecule has 0 radical (unpaired) electrons. The Morgan fingerprint density at radius 3 is 2.41 bits per heavy atom. The summed E-state index contributed by atoms with van der Waals surface area (Å²) >= 11 is 3.20. The number of aryl methyl sites for hydroxylation is 2. The van der Waals surface area contributed by atoms with Crippen molar-refractivity contribution in [1.29, 1.82) is 0 Å². The van der Waals surface area contributed by atoms with Gasteiger partial charge in [-0.05, 0) is 29.3 Å². The van der Waals surface area contributed by atoms with E-state index in [1.54, 1.807) is 6.92 Å². The number of ketones is 1. The summed E-state index contributed by atoms with van der Waals surface area (Å²) < 4.78 is 38.5. The van der Waals surface area contributed by atoms with Crippen LogP contribution in [0.3, 0.4) is 0 Å². The largest absolute Gasteiger partial charge is 0.450 e. The molecular weight excluding hydrogens is 301 g/mol. The van der Waals surface area contributed by atoms with Crippen molar-refractivity contribution in [2.45, 2.75) is 39.4 Å². The van der Waals surface area contributed by atoms with Gasteiger partial charge in [0.1, 0.15) is 0 Å². The van der Waals surface area contributed by atoms with E-state index in [0.717, 1.165) is 0 Å². The highest BCUT2D eigenvalue weighted by Crippen LogP contribution is 2.26. The minimum Gasteiger partial charge on any atom is -0.289 e. The zero-order valence-electron chi connectivity index (χ0n) is 9.44. The van der Waals surface area contributed by atoms with Crippen LogP contribution in [-0.2, 0) is 24.2 Å². The normalized spacial score (nSPS) is 11.9. The number of rotatable bonds is 4. The van der Waals surface area contributed by atoms with Gasteiger partial charge in [0, 0.05) is 6.54 Å². The molecule has 0 aromatic carbocycles. The summed E-state index contributed by atoms with van der Waals surface area (Å²) in [4.78, 5) is 11.0. The molecule has 1 heterocycles. The molecule has 0 fully saturated rings. The van der Waals surface area contributed by atoms with Gasteiger partial charge in [0.05, 0.1) is 22.3 Å². The molecule has 0 spiro atoms. The van der Waals surface area contributed by atoms with E-state index in [1.807, 2.05) is 6.92 Å². The molecule has 0 bridgehead atoms. The predicted molar refractivity (Wildman–Crippen MR) is 59.7 cm³/mol. The number of alkyl halides is 3. The Morgan fingerprint density at radius 1 is 1.41 bits per heavy atom. The fourth-order valence-corrected chi connectivity index (χ4v) is 2.14. The third-order valence-corrected chi connectivity index (χ3v) is 3.25. The highest BCUT2D eigenvalue weighted by molar-refractivity contribution is 9.10. The highest BCUT2D eigenvalue weighted by atomic mass is 79.9. The molecule has 0 N–H and O–H groups in total. The Hall–Kier alpha value is -0.850. The molecule has 0 unspecified atom stereocenters. The van der Waals surface area contributed by atoms with Crippen molar-refractivity contribution < 1.29 is 18.0 Å². The lowest BCUT2D eigenvalue weighted by molar-refractivity contribution is -0.170. The Morgan fingerprint density at radius 2 is 2.00 bits per heavy atom. The van der Waals surface area contributed by atoms with Crippen LogP contribution in [0, 0.1) is 0 Å². The van der Waals surface area contributed by atoms with Gasteiger partial charge in [-0.15, -0.1) is 0 Å². The van der Waals surface area contributed by atoms with Gasteiger partial charge in [-0.25, -0.2) is 0 Å². The van der Waals surface area contributed by atoms with E-state index in [0.29, 0.717) is 23.1 Å². The van der Waals surface area contributed by atoms with Crippen LogP contribution in [0.1, 0.15) is 25.2 Å². The Bertz CT molecular complexity index is 426. The lowest BCUT2D eigenvalue weighted by Crippen LogP contribution is -2.25. The quantitative estimate of drug-likeness (QED) is 0.857. The van der Waals surface area contributed by atoms with Gasteiger partial charge in [0.15, 0.2) is 0 Å². The average molecular weight is 313 g/mol. The van der Waals surface area contributed by atoms with Crippen LogP contribution < -0.4 is 0 Å². The van der Waals surface area contributed by atoms with E-state index < -0.39 is 18.4 Å². The molecule has 0 amide bonds. The van der Waals surface area contributed by atoms with E-state index in [1.165, 1.54) is 4.68 Å². The lowest BCUT2D eigenvalue weighted by Gasteiger charge is -2.07. The fraction of sp³-hybridized carbons (Fsp3) is 0.600. The summed E-state index contributed by atoms with van der Waals surface area (Å²) in [7, 11) is 0. The maximum absolute atomic E-state index is 12.2. The molecule has 17 heavy (non-hydrogen) atoms. The SMILES string of the molecule is CCc1nn(CC)c(CC(=O)C(F)(F)F)c1Br. The second-order valence-electron chi connectivity index (χ2n) is 3.47.